The summed E-state index contributed by atoms with van der Waals surface area (Å²) in [5.41, 5.74) is 3.63. The van der Waals surface area contributed by atoms with Crippen LogP contribution < -0.4 is 5.32 Å². The first kappa shape index (κ1) is 14.4. The van der Waals surface area contributed by atoms with Crippen LogP contribution in [0.5, 0.6) is 0 Å². The summed E-state index contributed by atoms with van der Waals surface area (Å²) >= 11 is 12.1. The Morgan fingerprint density at radius 2 is 1.74 bits per heavy atom. The molecule has 1 unspecified atom stereocenters. The number of hydrogen-bond acceptors (Lipinski definition) is 1. The van der Waals surface area contributed by atoms with E-state index in [9.17, 15) is 0 Å². The molecule has 0 heterocycles. The summed E-state index contributed by atoms with van der Waals surface area (Å²) in [6.07, 6.45) is 0.912. The predicted octanol–water partition coefficient (Wildman–Crippen LogP) is 4.81. The maximum atomic E-state index is 6.19. The molecule has 0 saturated carbocycles. The van der Waals surface area contributed by atoms with E-state index in [2.05, 4.69) is 30.4 Å². The van der Waals surface area contributed by atoms with Crippen LogP contribution >= 0.6 is 23.2 Å². The molecule has 2 rings (SSSR count). The third kappa shape index (κ3) is 3.50. The lowest BCUT2D eigenvalue weighted by atomic mass is 9.95. The van der Waals surface area contributed by atoms with Crippen LogP contribution in [0.4, 0.5) is 0 Å². The SMILES string of the molecule is CNC(Cc1ccc(Cl)cc1)c1cccc(Cl)c1C. The first-order chi connectivity index (χ1) is 9.11. The molecule has 0 aliphatic rings. The third-order valence-corrected chi connectivity index (χ3v) is 4.05. The smallest absolute Gasteiger partial charge is 0.0438 e. The van der Waals surface area contributed by atoms with Gasteiger partial charge in [0.1, 0.15) is 0 Å². The number of rotatable bonds is 4. The van der Waals surface area contributed by atoms with Crippen LogP contribution in [-0.4, -0.2) is 7.05 Å². The summed E-state index contributed by atoms with van der Waals surface area (Å²) < 4.78 is 0. The van der Waals surface area contributed by atoms with Gasteiger partial charge in [-0.05, 0) is 55.3 Å². The molecule has 1 N–H and O–H groups in total. The van der Waals surface area contributed by atoms with Crippen molar-refractivity contribution in [3.05, 3.63) is 69.2 Å². The van der Waals surface area contributed by atoms with Gasteiger partial charge in [0.25, 0.3) is 0 Å². The number of hydrogen-bond donors (Lipinski definition) is 1. The topological polar surface area (TPSA) is 12.0 Å². The van der Waals surface area contributed by atoms with Gasteiger partial charge in [-0.15, -0.1) is 0 Å². The minimum Gasteiger partial charge on any atom is -0.313 e. The maximum Gasteiger partial charge on any atom is 0.0438 e. The largest absolute Gasteiger partial charge is 0.313 e. The zero-order chi connectivity index (χ0) is 13.8. The summed E-state index contributed by atoms with van der Waals surface area (Å²) in [5, 5.41) is 4.94. The Morgan fingerprint density at radius 1 is 1.05 bits per heavy atom. The highest BCUT2D eigenvalue weighted by atomic mass is 35.5. The standard InChI is InChI=1S/C16H17Cl2N/c1-11-14(4-3-5-15(11)18)16(19-2)10-12-6-8-13(17)9-7-12/h3-9,16,19H,10H2,1-2H3. The monoisotopic (exact) mass is 293 g/mol. The Kier molecular flexibility index (Phi) is 4.87. The van der Waals surface area contributed by atoms with Crippen LogP contribution in [0.3, 0.4) is 0 Å². The Hall–Kier alpha value is -1.02. The van der Waals surface area contributed by atoms with Crippen molar-refractivity contribution < 1.29 is 0 Å². The molecule has 1 atom stereocenters. The fraction of sp³-hybridized carbons (Fsp3) is 0.250. The molecule has 0 saturated heterocycles. The average Bonchev–Trinajstić information content (AvgIpc) is 2.42. The second-order valence-corrected chi connectivity index (χ2v) is 5.47. The van der Waals surface area contributed by atoms with Gasteiger partial charge < -0.3 is 5.32 Å². The quantitative estimate of drug-likeness (QED) is 0.853. The predicted molar refractivity (Wildman–Crippen MR) is 83.1 cm³/mol. The molecule has 100 valence electrons. The Labute approximate surface area is 124 Å². The molecule has 3 heteroatoms. The number of halogens is 2. The van der Waals surface area contributed by atoms with Crippen LogP contribution in [0.15, 0.2) is 42.5 Å². The van der Waals surface area contributed by atoms with Crippen LogP contribution in [0, 0.1) is 6.92 Å². The molecule has 0 bridgehead atoms. The van der Waals surface area contributed by atoms with Gasteiger partial charge in [0.05, 0.1) is 0 Å². The Bertz CT molecular complexity index is 549. The minimum atomic E-state index is 0.250. The summed E-state index contributed by atoms with van der Waals surface area (Å²) in [6, 6.07) is 14.3. The van der Waals surface area contributed by atoms with E-state index in [1.807, 2.05) is 31.3 Å². The molecule has 0 aliphatic heterocycles. The fourth-order valence-electron chi connectivity index (χ4n) is 2.23. The van der Waals surface area contributed by atoms with E-state index in [1.54, 1.807) is 0 Å². The number of nitrogens with one attached hydrogen (secondary N) is 1. The lowest BCUT2D eigenvalue weighted by molar-refractivity contribution is 0.589. The van der Waals surface area contributed by atoms with Crippen molar-refractivity contribution >= 4 is 23.2 Å². The van der Waals surface area contributed by atoms with Crippen LogP contribution in [-0.2, 0) is 6.42 Å². The lowest BCUT2D eigenvalue weighted by Crippen LogP contribution is -2.19. The van der Waals surface area contributed by atoms with Crippen LogP contribution in [0.1, 0.15) is 22.7 Å². The zero-order valence-electron chi connectivity index (χ0n) is 11.1. The summed E-state index contributed by atoms with van der Waals surface area (Å²) in [7, 11) is 1.97. The minimum absolute atomic E-state index is 0.250. The van der Waals surface area contributed by atoms with E-state index in [1.165, 1.54) is 11.1 Å². The van der Waals surface area contributed by atoms with Crippen molar-refractivity contribution in [1.82, 2.24) is 5.32 Å². The van der Waals surface area contributed by atoms with Crippen molar-refractivity contribution in [2.45, 2.75) is 19.4 Å². The van der Waals surface area contributed by atoms with E-state index < -0.39 is 0 Å². The van der Waals surface area contributed by atoms with E-state index in [4.69, 9.17) is 23.2 Å². The second-order valence-electron chi connectivity index (χ2n) is 4.63. The van der Waals surface area contributed by atoms with Crippen LogP contribution in [0.25, 0.3) is 0 Å². The molecular formula is C16H17Cl2N. The van der Waals surface area contributed by atoms with Gasteiger partial charge >= 0.3 is 0 Å². The highest BCUT2D eigenvalue weighted by Crippen LogP contribution is 2.26. The normalized spacial score (nSPS) is 12.4. The van der Waals surface area contributed by atoms with E-state index in [-0.39, 0.29) is 6.04 Å². The lowest BCUT2D eigenvalue weighted by Gasteiger charge is -2.19. The van der Waals surface area contributed by atoms with E-state index in [0.29, 0.717) is 0 Å². The molecular weight excluding hydrogens is 277 g/mol. The third-order valence-electron chi connectivity index (χ3n) is 3.39. The molecule has 1 nitrogen and oxygen atoms in total. The molecule has 0 radical (unpaired) electrons. The highest BCUT2D eigenvalue weighted by molar-refractivity contribution is 6.31. The molecule has 0 aliphatic carbocycles. The second kappa shape index (κ2) is 6.42. The van der Waals surface area contributed by atoms with Crippen molar-refractivity contribution in [3.8, 4) is 0 Å². The maximum absolute atomic E-state index is 6.19. The molecule has 2 aromatic rings. The summed E-state index contributed by atoms with van der Waals surface area (Å²) in [5.74, 6) is 0. The van der Waals surface area contributed by atoms with Gasteiger partial charge in [-0.1, -0.05) is 47.5 Å². The van der Waals surface area contributed by atoms with Gasteiger partial charge in [-0.2, -0.15) is 0 Å². The number of benzene rings is 2. The van der Waals surface area contributed by atoms with E-state index in [0.717, 1.165) is 22.0 Å². The van der Waals surface area contributed by atoms with Gasteiger partial charge in [0.2, 0.25) is 0 Å². The first-order valence-corrected chi connectivity index (χ1v) is 7.04. The van der Waals surface area contributed by atoms with Crippen molar-refractivity contribution in [3.63, 3.8) is 0 Å². The van der Waals surface area contributed by atoms with E-state index >= 15 is 0 Å². The van der Waals surface area contributed by atoms with Crippen molar-refractivity contribution in [2.24, 2.45) is 0 Å². The Balaban J connectivity index is 2.25. The Morgan fingerprint density at radius 3 is 2.37 bits per heavy atom. The summed E-state index contributed by atoms with van der Waals surface area (Å²) in [6.45, 7) is 2.06. The van der Waals surface area contributed by atoms with Gasteiger partial charge in [0, 0.05) is 16.1 Å². The van der Waals surface area contributed by atoms with Gasteiger partial charge in [0.15, 0.2) is 0 Å². The van der Waals surface area contributed by atoms with Crippen molar-refractivity contribution in [1.29, 1.82) is 0 Å². The molecule has 0 fully saturated rings. The number of likely N-dealkylation sites (N-methyl/N-ethyl adjacent to an activating group) is 1. The average molecular weight is 294 g/mol. The molecule has 0 amide bonds. The molecule has 0 aromatic heterocycles. The summed E-state index contributed by atoms with van der Waals surface area (Å²) in [4.78, 5) is 0. The first-order valence-electron chi connectivity index (χ1n) is 6.28. The van der Waals surface area contributed by atoms with Crippen molar-refractivity contribution in [2.75, 3.05) is 7.05 Å². The zero-order valence-corrected chi connectivity index (χ0v) is 12.6. The fourth-order valence-corrected chi connectivity index (χ4v) is 2.53. The van der Waals surface area contributed by atoms with Gasteiger partial charge in [-0.25, -0.2) is 0 Å². The molecule has 19 heavy (non-hydrogen) atoms. The van der Waals surface area contributed by atoms with Crippen LogP contribution in [0.2, 0.25) is 10.0 Å². The van der Waals surface area contributed by atoms with Gasteiger partial charge in [-0.3, -0.25) is 0 Å². The molecule has 0 spiro atoms. The molecule has 2 aromatic carbocycles. The highest BCUT2D eigenvalue weighted by Gasteiger charge is 2.13.